The van der Waals surface area contributed by atoms with Gasteiger partial charge >= 0.3 is 0 Å². The fourth-order valence-electron chi connectivity index (χ4n) is 4.25. The van der Waals surface area contributed by atoms with E-state index >= 15 is 0 Å². The summed E-state index contributed by atoms with van der Waals surface area (Å²) in [6, 6.07) is 18.3. The zero-order chi connectivity index (χ0) is 19.3. The topological polar surface area (TPSA) is 38.7 Å². The Hall–Kier alpha value is -1.88. The number of nitrogens with zero attached hydrogens (tertiary/aromatic N) is 1. The number of morpholine rings is 1. The first-order valence-corrected chi connectivity index (χ1v) is 9.96. The molecule has 0 amide bonds. The number of aliphatic hydroxyl groups is 1. The van der Waals surface area contributed by atoms with E-state index in [1.54, 1.807) is 0 Å². The fourth-order valence-corrected chi connectivity index (χ4v) is 4.25. The summed E-state index contributed by atoms with van der Waals surface area (Å²) in [5.74, 6) is 0.792. The molecule has 0 bridgehead atoms. The van der Waals surface area contributed by atoms with Gasteiger partial charge in [-0.3, -0.25) is 0 Å². The van der Waals surface area contributed by atoms with Crippen molar-refractivity contribution in [3.8, 4) is 16.9 Å². The molecule has 27 heavy (non-hydrogen) atoms. The van der Waals surface area contributed by atoms with Crippen LogP contribution in [0.5, 0.6) is 5.75 Å². The van der Waals surface area contributed by atoms with Gasteiger partial charge < -0.3 is 19.1 Å². The molecule has 0 spiro atoms. The van der Waals surface area contributed by atoms with Gasteiger partial charge in [-0.05, 0) is 44.0 Å². The van der Waals surface area contributed by atoms with Crippen LogP contribution in [0.25, 0.3) is 11.1 Å². The molecule has 1 aliphatic heterocycles. The van der Waals surface area contributed by atoms with Gasteiger partial charge in [-0.2, -0.15) is 0 Å². The number of aliphatic hydroxyl groups excluding tert-OH is 1. The van der Waals surface area contributed by atoms with Gasteiger partial charge in [0.05, 0.1) is 6.54 Å². The lowest BCUT2D eigenvalue weighted by Gasteiger charge is -2.46. The second kappa shape index (κ2) is 8.87. The summed E-state index contributed by atoms with van der Waals surface area (Å²) in [4.78, 5) is 0. The molecule has 2 aromatic carbocycles. The molecule has 0 aromatic heterocycles. The van der Waals surface area contributed by atoms with Crippen molar-refractivity contribution in [3.05, 3.63) is 54.6 Å². The molecular formula is C23H32NO3+. The molecule has 1 heterocycles. The minimum Gasteiger partial charge on any atom is -0.491 e. The van der Waals surface area contributed by atoms with Crippen molar-refractivity contribution in [3.63, 3.8) is 0 Å². The van der Waals surface area contributed by atoms with Crippen molar-refractivity contribution in [2.24, 2.45) is 0 Å². The molecule has 0 radical (unpaired) electrons. The first kappa shape index (κ1) is 19.9. The maximum absolute atomic E-state index is 10.6. The molecule has 1 saturated heterocycles. The summed E-state index contributed by atoms with van der Waals surface area (Å²) in [5.41, 5.74) is 2.35. The Labute approximate surface area is 162 Å². The van der Waals surface area contributed by atoms with Crippen LogP contribution in [-0.4, -0.2) is 60.7 Å². The standard InChI is InChI=1S/C23H32NO3/c1-4-24(14-18(2)27-19(3)15-24)16-22(25)17-26-23-12-10-21(11-13-23)20-8-6-5-7-9-20/h5-13,18-19,22,25H,4,14-17H2,1-3H3/q+1/t18-,19-,22-/m0/s1. The van der Waals surface area contributed by atoms with Gasteiger partial charge in [-0.1, -0.05) is 42.5 Å². The average molecular weight is 371 g/mol. The van der Waals surface area contributed by atoms with E-state index in [2.05, 4.69) is 45.0 Å². The highest BCUT2D eigenvalue weighted by Gasteiger charge is 2.37. The maximum Gasteiger partial charge on any atom is 0.137 e. The predicted octanol–water partition coefficient (Wildman–Crippen LogP) is 3.74. The summed E-state index contributed by atoms with van der Waals surface area (Å²) in [7, 11) is 0. The Morgan fingerprint density at radius 1 is 1.00 bits per heavy atom. The molecule has 4 nitrogen and oxygen atoms in total. The lowest BCUT2D eigenvalue weighted by atomic mass is 10.1. The predicted molar refractivity (Wildman–Crippen MR) is 109 cm³/mol. The lowest BCUT2D eigenvalue weighted by Crippen LogP contribution is -2.62. The van der Waals surface area contributed by atoms with E-state index in [-0.39, 0.29) is 12.2 Å². The summed E-state index contributed by atoms with van der Waals surface area (Å²) in [6.07, 6.45) is -0.0315. The average Bonchev–Trinajstić information content (AvgIpc) is 2.66. The third kappa shape index (κ3) is 5.32. The summed E-state index contributed by atoms with van der Waals surface area (Å²) >= 11 is 0. The SMILES string of the molecule is CC[N+]1(C[C@H](O)COc2ccc(-c3ccccc3)cc2)C[C@H](C)O[C@@H](C)C1. The van der Waals surface area contributed by atoms with E-state index in [1.807, 2.05) is 30.3 Å². The highest BCUT2D eigenvalue weighted by Crippen LogP contribution is 2.23. The van der Waals surface area contributed by atoms with Crippen LogP contribution in [0.4, 0.5) is 0 Å². The Balaban J connectivity index is 1.55. The number of likely N-dealkylation sites (N-methyl/N-ethyl adjacent to an activating group) is 1. The smallest absolute Gasteiger partial charge is 0.137 e. The second-order valence-corrected chi connectivity index (χ2v) is 7.82. The number of hydrogen-bond acceptors (Lipinski definition) is 3. The molecule has 1 aliphatic rings. The zero-order valence-electron chi connectivity index (χ0n) is 16.7. The molecule has 0 unspecified atom stereocenters. The van der Waals surface area contributed by atoms with Crippen LogP contribution in [0.2, 0.25) is 0 Å². The number of hydrogen-bond donors (Lipinski definition) is 1. The monoisotopic (exact) mass is 370 g/mol. The molecule has 3 atom stereocenters. The van der Waals surface area contributed by atoms with Gasteiger partial charge in [0.15, 0.2) is 0 Å². The number of ether oxygens (including phenoxy) is 2. The van der Waals surface area contributed by atoms with Crippen LogP contribution in [0.3, 0.4) is 0 Å². The largest absolute Gasteiger partial charge is 0.491 e. The quantitative estimate of drug-likeness (QED) is 0.755. The van der Waals surface area contributed by atoms with Crippen molar-refractivity contribution in [2.75, 3.05) is 32.8 Å². The van der Waals surface area contributed by atoms with Crippen molar-refractivity contribution < 1.29 is 19.1 Å². The van der Waals surface area contributed by atoms with Crippen LogP contribution in [-0.2, 0) is 4.74 Å². The van der Waals surface area contributed by atoms with Crippen molar-refractivity contribution in [1.82, 2.24) is 0 Å². The third-order valence-electron chi connectivity index (χ3n) is 5.43. The molecule has 1 N–H and O–H groups in total. The Bertz CT molecular complexity index is 691. The highest BCUT2D eigenvalue weighted by atomic mass is 16.5. The first-order chi connectivity index (χ1) is 13.0. The first-order valence-electron chi connectivity index (χ1n) is 9.96. The maximum atomic E-state index is 10.6. The van der Waals surface area contributed by atoms with Crippen LogP contribution in [0.15, 0.2) is 54.6 Å². The van der Waals surface area contributed by atoms with E-state index in [9.17, 15) is 5.11 Å². The Morgan fingerprint density at radius 2 is 1.59 bits per heavy atom. The van der Waals surface area contributed by atoms with Gasteiger partial charge in [0.2, 0.25) is 0 Å². The normalized spacial score (nSPS) is 26.5. The number of rotatable bonds is 7. The van der Waals surface area contributed by atoms with E-state index in [0.29, 0.717) is 13.2 Å². The molecular weight excluding hydrogens is 338 g/mol. The van der Waals surface area contributed by atoms with E-state index in [4.69, 9.17) is 9.47 Å². The molecule has 4 heteroatoms. The third-order valence-corrected chi connectivity index (χ3v) is 5.43. The van der Waals surface area contributed by atoms with E-state index < -0.39 is 6.10 Å². The van der Waals surface area contributed by atoms with Crippen LogP contribution < -0.4 is 4.74 Å². The van der Waals surface area contributed by atoms with E-state index in [0.717, 1.165) is 35.4 Å². The second-order valence-electron chi connectivity index (χ2n) is 7.82. The van der Waals surface area contributed by atoms with Crippen LogP contribution in [0, 0.1) is 0 Å². The lowest BCUT2D eigenvalue weighted by molar-refractivity contribution is -0.942. The Morgan fingerprint density at radius 3 is 2.19 bits per heavy atom. The summed E-state index contributed by atoms with van der Waals surface area (Å²) < 4.78 is 12.6. The van der Waals surface area contributed by atoms with E-state index in [1.165, 1.54) is 5.56 Å². The van der Waals surface area contributed by atoms with Crippen molar-refractivity contribution in [2.45, 2.75) is 39.1 Å². The van der Waals surface area contributed by atoms with Crippen LogP contribution in [0.1, 0.15) is 20.8 Å². The van der Waals surface area contributed by atoms with Crippen molar-refractivity contribution in [1.29, 1.82) is 0 Å². The van der Waals surface area contributed by atoms with Crippen molar-refractivity contribution >= 4 is 0 Å². The van der Waals surface area contributed by atoms with Gasteiger partial charge in [0.1, 0.15) is 50.3 Å². The highest BCUT2D eigenvalue weighted by molar-refractivity contribution is 5.63. The molecule has 0 aliphatic carbocycles. The molecule has 146 valence electrons. The fraction of sp³-hybridized carbons (Fsp3) is 0.478. The molecule has 0 saturated carbocycles. The number of benzene rings is 2. The van der Waals surface area contributed by atoms with Gasteiger partial charge in [0, 0.05) is 0 Å². The summed E-state index contributed by atoms with van der Waals surface area (Å²) in [6.45, 7) is 10.4. The van der Waals surface area contributed by atoms with Crippen LogP contribution >= 0.6 is 0 Å². The zero-order valence-corrected chi connectivity index (χ0v) is 16.7. The Kier molecular flexibility index (Phi) is 6.53. The minimum absolute atomic E-state index is 0.229. The van der Waals surface area contributed by atoms with Gasteiger partial charge in [0.25, 0.3) is 0 Å². The molecule has 2 aromatic rings. The minimum atomic E-state index is -0.490. The number of quaternary nitrogens is 1. The molecule has 1 fully saturated rings. The van der Waals surface area contributed by atoms with Gasteiger partial charge in [-0.15, -0.1) is 0 Å². The summed E-state index contributed by atoms with van der Waals surface area (Å²) in [5, 5.41) is 10.6. The van der Waals surface area contributed by atoms with Gasteiger partial charge in [-0.25, -0.2) is 0 Å². The molecule has 3 rings (SSSR count).